The van der Waals surface area contributed by atoms with Crippen molar-refractivity contribution in [3.63, 3.8) is 0 Å². The Morgan fingerprint density at radius 3 is 2.42 bits per heavy atom. The van der Waals surface area contributed by atoms with Crippen molar-refractivity contribution < 1.29 is 4.74 Å². The van der Waals surface area contributed by atoms with E-state index in [-0.39, 0.29) is 34.9 Å². The van der Waals surface area contributed by atoms with E-state index in [1.165, 1.54) is 0 Å². The molecular weight excluding hydrogens is 461 g/mol. The van der Waals surface area contributed by atoms with Gasteiger partial charge in [0.2, 0.25) is 0 Å². The Balaban J connectivity index is 0.00000338. The smallest absolute Gasteiger partial charge is 0.191 e. The number of hydrogen-bond acceptors (Lipinski definition) is 5. The molecule has 0 saturated carbocycles. The fraction of sp³-hybridized carbons (Fsp3) is 0.778. The van der Waals surface area contributed by atoms with Gasteiger partial charge in [0.05, 0.1) is 25.5 Å². The van der Waals surface area contributed by atoms with Gasteiger partial charge in [0, 0.05) is 43.0 Å². The molecule has 0 bridgehead atoms. The molecule has 0 atom stereocenters. The number of thiazole rings is 1. The zero-order valence-electron chi connectivity index (χ0n) is 16.9. The number of aromatic nitrogens is 1. The van der Waals surface area contributed by atoms with Crippen molar-refractivity contribution >= 4 is 41.3 Å². The summed E-state index contributed by atoms with van der Waals surface area (Å²) in [6, 6.07) is 0. The molecule has 0 radical (unpaired) electrons. The number of aliphatic imine (C=N–C) groups is 1. The largest absolute Gasteiger partial charge is 0.379 e. The minimum Gasteiger partial charge on any atom is -0.379 e. The second-order valence-corrected chi connectivity index (χ2v) is 9.01. The highest BCUT2D eigenvalue weighted by atomic mass is 127. The number of nitrogens with zero attached hydrogens (tertiary/aromatic N) is 3. The van der Waals surface area contributed by atoms with Crippen molar-refractivity contribution in [2.45, 2.75) is 52.1 Å². The van der Waals surface area contributed by atoms with E-state index in [1.54, 1.807) is 18.4 Å². The molecule has 1 aromatic heterocycles. The molecule has 1 aliphatic heterocycles. The van der Waals surface area contributed by atoms with Crippen molar-refractivity contribution in [2.24, 2.45) is 4.99 Å². The zero-order valence-corrected chi connectivity index (χ0v) is 20.0. The number of halogens is 1. The highest BCUT2D eigenvalue weighted by Gasteiger charge is 2.28. The van der Waals surface area contributed by atoms with Crippen LogP contribution in [0.25, 0.3) is 0 Å². The summed E-state index contributed by atoms with van der Waals surface area (Å²) < 4.78 is 5.45. The summed E-state index contributed by atoms with van der Waals surface area (Å²) in [5.74, 6) is 0.814. The molecule has 0 unspecified atom stereocenters. The molecule has 0 aromatic carbocycles. The maximum atomic E-state index is 5.45. The van der Waals surface area contributed by atoms with Gasteiger partial charge in [-0.1, -0.05) is 20.8 Å². The van der Waals surface area contributed by atoms with Crippen LogP contribution >= 0.6 is 35.3 Å². The average molecular weight is 495 g/mol. The molecule has 0 amide bonds. The molecular formula is C18H34IN5OS. The van der Waals surface area contributed by atoms with E-state index in [0.29, 0.717) is 6.54 Å². The summed E-state index contributed by atoms with van der Waals surface area (Å²) in [7, 11) is 1.81. The van der Waals surface area contributed by atoms with E-state index in [2.05, 4.69) is 60.5 Å². The lowest BCUT2D eigenvalue weighted by Gasteiger charge is -2.41. The second kappa shape index (κ2) is 10.2. The number of ether oxygens (including phenoxy) is 1. The van der Waals surface area contributed by atoms with E-state index in [0.717, 1.165) is 49.5 Å². The normalized spacial score (nSPS) is 16.9. The van der Waals surface area contributed by atoms with Crippen LogP contribution in [0.15, 0.2) is 10.4 Å². The molecule has 6 nitrogen and oxygen atoms in total. The predicted octanol–water partition coefficient (Wildman–Crippen LogP) is 2.83. The van der Waals surface area contributed by atoms with Gasteiger partial charge in [0.25, 0.3) is 0 Å². The first-order chi connectivity index (χ1) is 11.7. The van der Waals surface area contributed by atoms with E-state index in [1.807, 2.05) is 0 Å². The molecule has 1 saturated heterocycles. The summed E-state index contributed by atoms with van der Waals surface area (Å²) in [5, 5.41) is 10.0. The molecule has 1 aliphatic rings. The Hall–Kier alpha value is -0.450. The monoisotopic (exact) mass is 495 g/mol. The van der Waals surface area contributed by atoms with E-state index in [9.17, 15) is 0 Å². The first-order valence-electron chi connectivity index (χ1n) is 8.94. The number of hydrogen-bond donors (Lipinski definition) is 2. The van der Waals surface area contributed by atoms with Crippen molar-refractivity contribution in [1.82, 2.24) is 20.5 Å². The van der Waals surface area contributed by atoms with Gasteiger partial charge < -0.3 is 15.4 Å². The molecule has 8 heteroatoms. The van der Waals surface area contributed by atoms with Crippen LogP contribution in [0.1, 0.15) is 45.3 Å². The number of nitrogens with one attached hydrogen (secondary N) is 2. The number of morpholine rings is 1. The summed E-state index contributed by atoms with van der Waals surface area (Å²) in [6.45, 7) is 16.2. The highest BCUT2D eigenvalue weighted by Crippen LogP contribution is 2.23. The minimum atomic E-state index is 0. The van der Waals surface area contributed by atoms with Crippen LogP contribution in [-0.4, -0.2) is 61.3 Å². The Bertz CT molecular complexity index is 576. The molecule has 2 rings (SSSR count). The first-order valence-corrected chi connectivity index (χ1v) is 9.82. The van der Waals surface area contributed by atoms with Gasteiger partial charge in [0.15, 0.2) is 5.96 Å². The molecule has 150 valence electrons. The van der Waals surface area contributed by atoms with Crippen molar-refractivity contribution in [1.29, 1.82) is 0 Å². The van der Waals surface area contributed by atoms with Gasteiger partial charge in [-0.3, -0.25) is 9.89 Å². The van der Waals surface area contributed by atoms with Gasteiger partial charge in [-0.25, -0.2) is 4.98 Å². The van der Waals surface area contributed by atoms with Crippen LogP contribution in [0.5, 0.6) is 0 Å². The van der Waals surface area contributed by atoms with Gasteiger partial charge in [-0.2, -0.15) is 0 Å². The highest BCUT2D eigenvalue weighted by molar-refractivity contribution is 14.0. The third-order valence-corrected chi connectivity index (χ3v) is 5.36. The molecule has 1 fully saturated rings. The Morgan fingerprint density at radius 2 is 1.88 bits per heavy atom. The predicted molar refractivity (Wildman–Crippen MR) is 121 cm³/mol. The van der Waals surface area contributed by atoms with Crippen LogP contribution in [-0.2, 0) is 16.7 Å². The molecule has 2 N–H and O–H groups in total. The van der Waals surface area contributed by atoms with E-state index >= 15 is 0 Å². The third-order valence-electron chi connectivity index (χ3n) is 4.51. The lowest BCUT2D eigenvalue weighted by molar-refractivity contribution is -0.00834. The summed E-state index contributed by atoms with van der Waals surface area (Å²) in [4.78, 5) is 11.5. The van der Waals surface area contributed by atoms with Crippen LogP contribution in [0.2, 0.25) is 0 Å². The quantitative estimate of drug-likeness (QED) is 0.374. The SMILES string of the molecule is CN=C(NCc1nc(C(C)(C)C)cs1)NCC(C)(C)N1CCOCC1.I. The summed E-state index contributed by atoms with van der Waals surface area (Å²) >= 11 is 1.70. The number of rotatable bonds is 5. The van der Waals surface area contributed by atoms with Crippen LogP contribution in [0, 0.1) is 0 Å². The fourth-order valence-electron chi connectivity index (χ4n) is 2.70. The van der Waals surface area contributed by atoms with Gasteiger partial charge in [0.1, 0.15) is 5.01 Å². The van der Waals surface area contributed by atoms with Crippen molar-refractivity contribution in [3.05, 3.63) is 16.1 Å². The van der Waals surface area contributed by atoms with Crippen molar-refractivity contribution in [3.8, 4) is 0 Å². The van der Waals surface area contributed by atoms with Crippen LogP contribution in [0.3, 0.4) is 0 Å². The maximum Gasteiger partial charge on any atom is 0.191 e. The standard InChI is InChI=1S/C18H33N5OS.HI/c1-17(2,3)14-12-25-15(22-14)11-20-16(19-6)21-13-18(4,5)23-7-9-24-10-8-23;/h12H,7-11,13H2,1-6H3,(H2,19,20,21);1H. The summed E-state index contributed by atoms with van der Waals surface area (Å²) in [5.41, 5.74) is 1.30. The van der Waals surface area contributed by atoms with E-state index < -0.39 is 0 Å². The zero-order chi connectivity index (χ0) is 18.5. The van der Waals surface area contributed by atoms with Gasteiger partial charge in [-0.05, 0) is 13.8 Å². The topological polar surface area (TPSA) is 61.8 Å². The molecule has 2 heterocycles. The average Bonchev–Trinajstić information content (AvgIpc) is 3.05. The van der Waals surface area contributed by atoms with Crippen LogP contribution < -0.4 is 10.6 Å². The Labute approximate surface area is 179 Å². The first kappa shape index (κ1) is 23.6. The molecule has 1 aromatic rings. The number of guanidine groups is 1. The van der Waals surface area contributed by atoms with Crippen LogP contribution in [0.4, 0.5) is 0 Å². The van der Waals surface area contributed by atoms with Gasteiger partial charge >= 0.3 is 0 Å². The van der Waals surface area contributed by atoms with E-state index in [4.69, 9.17) is 9.72 Å². The van der Waals surface area contributed by atoms with Gasteiger partial charge in [-0.15, -0.1) is 35.3 Å². The molecule has 0 spiro atoms. The fourth-order valence-corrected chi connectivity index (χ4v) is 3.66. The molecule has 0 aliphatic carbocycles. The third kappa shape index (κ3) is 6.94. The Morgan fingerprint density at radius 1 is 1.23 bits per heavy atom. The van der Waals surface area contributed by atoms with Crippen molar-refractivity contribution in [2.75, 3.05) is 39.9 Å². The second-order valence-electron chi connectivity index (χ2n) is 8.07. The maximum absolute atomic E-state index is 5.45. The lowest BCUT2D eigenvalue weighted by Crippen LogP contribution is -2.56. The summed E-state index contributed by atoms with van der Waals surface area (Å²) in [6.07, 6.45) is 0. The molecule has 26 heavy (non-hydrogen) atoms. The Kier molecular flexibility index (Phi) is 9.25. The minimum absolute atomic E-state index is 0. The lowest BCUT2D eigenvalue weighted by atomic mass is 9.93.